The fraction of sp³-hybridized carbons (Fsp3) is 0.308. The quantitative estimate of drug-likeness (QED) is 0.311. The number of anilines is 1. The molecule has 182 valence electrons. The third-order valence-electron chi connectivity index (χ3n) is 6.32. The number of aliphatic hydroxyl groups is 1. The molecule has 0 saturated carbocycles. The molecule has 0 amide bonds. The molecule has 0 aliphatic carbocycles. The SMILES string of the molecule is OCCc1cccc(-c2ccc3c(-c4nc(N[C@H]5CCCNC5)ncc4C(F)(F)F)c[nH]c3c2)c1. The van der Waals surface area contributed by atoms with E-state index < -0.39 is 11.7 Å². The predicted octanol–water partition coefficient (Wildman–Crippen LogP) is 5.01. The fourth-order valence-corrected chi connectivity index (χ4v) is 4.56. The van der Waals surface area contributed by atoms with E-state index >= 15 is 0 Å². The van der Waals surface area contributed by atoms with Gasteiger partial charge in [0.15, 0.2) is 0 Å². The van der Waals surface area contributed by atoms with Gasteiger partial charge in [-0.05, 0) is 48.6 Å². The zero-order chi connectivity index (χ0) is 24.4. The largest absolute Gasteiger partial charge is 0.419 e. The van der Waals surface area contributed by atoms with Crippen molar-refractivity contribution in [2.75, 3.05) is 25.0 Å². The second-order valence-electron chi connectivity index (χ2n) is 8.78. The highest BCUT2D eigenvalue weighted by molar-refractivity contribution is 5.97. The molecular weight excluding hydrogens is 455 g/mol. The van der Waals surface area contributed by atoms with Gasteiger partial charge < -0.3 is 20.7 Å². The molecule has 1 aliphatic heterocycles. The molecule has 1 fully saturated rings. The molecule has 1 aliphatic rings. The summed E-state index contributed by atoms with van der Waals surface area (Å²) >= 11 is 0. The third-order valence-corrected chi connectivity index (χ3v) is 6.32. The Hall–Kier alpha value is -3.43. The number of piperidine rings is 1. The summed E-state index contributed by atoms with van der Waals surface area (Å²) in [7, 11) is 0. The molecule has 0 spiro atoms. The van der Waals surface area contributed by atoms with Gasteiger partial charge in [0.25, 0.3) is 0 Å². The molecule has 4 N–H and O–H groups in total. The number of rotatable bonds is 6. The lowest BCUT2D eigenvalue weighted by Crippen LogP contribution is -2.38. The molecule has 2 aromatic carbocycles. The number of aromatic amines is 1. The van der Waals surface area contributed by atoms with Gasteiger partial charge in [0.05, 0.1) is 5.69 Å². The average Bonchev–Trinajstić information content (AvgIpc) is 3.28. The number of benzene rings is 2. The Labute approximate surface area is 200 Å². The van der Waals surface area contributed by atoms with Crippen molar-refractivity contribution in [3.8, 4) is 22.4 Å². The minimum absolute atomic E-state index is 0.0665. The summed E-state index contributed by atoms with van der Waals surface area (Å²) in [5, 5.41) is 16.3. The number of alkyl halides is 3. The zero-order valence-electron chi connectivity index (χ0n) is 19.0. The van der Waals surface area contributed by atoms with E-state index in [0.29, 0.717) is 22.9 Å². The van der Waals surface area contributed by atoms with E-state index in [1.54, 1.807) is 6.20 Å². The number of H-pyrrole nitrogens is 1. The number of hydrogen-bond donors (Lipinski definition) is 4. The molecule has 0 radical (unpaired) electrons. The van der Waals surface area contributed by atoms with Crippen LogP contribution in [0.1, 0.15) is 24.0 Å². The van der Waals surface area contributed by atoms with Gasteiger partial charge in [0.1, 0.15) is 5.56 Å². The summed E-state index contributed by atoms with van der Waals surface area (Å²) in [6, 6.07) is 13.5. The van der Waals surface area contributed by atoms with Crippen molar-refractivity contribution in [2.24, 2.45) is 0 Å². The van der Waals surface area contributed by atoms with E-state index in [9.17, 15) is 18.3 Å². The van der Waals surface area contributed by atoms with Crippen molar-refractivity contribution >= 4 is 16.9 Å². The van der Waals surface area contributed by atoms with Crippen molar-refractivity contribution in [2.45, 2.75) is 31.5 Å². The lowest BCUT2D eigenvalue weighted by molar-refractivity contribution is -0.137. The number of aliphatic hydroxyl groups excluding tert-OH is 1. The first kappa shape index (κ1) is 23.3. The number of aromatic nitrogens is 3. The first-order chi connectivity index (χ1) is 16.9. The van der Waals surface area contributed by atoms with Gasteiger partial charge in [-0.3, -0.25) is 0 Å². The van der Waals surface area contributed by atoms with Crippen molar-refractivity contribution in [1.82, 2.24) is 20.3 Å². The Kier molecular flexibility index (Phi) is 6.44. The Balaban J connectivity index is 1.53. The van der Waals surface area contributed by atoms with Gasteiger partial charge in [-0.15, -0.1) is 0 Å². The van der Waals surface area contributed by atoms with Gasteiger partial charge in [-0.2, -0.15) is 13.2 Å². The van der Waals surface area contributed by atoms with Crippen LogP contribution < -0.4 is 10.6 Å². The topological polar surface area (TPSA) is 85.9 Å². The second kappa shape index (κ2) is 9.67. The van der Waals surface area contributed by atoms with Crippen molar-refractivity contribution in [1.29, 1.82) is 0 Å². The minimum atomic E-state index is -4.59. The van der Waals surface area contributed by atoms with Gasteiger partial charge in [-0.1, -0.05) is 36.4 Å². The summed E-state index contributed by atoms with van der Waals surface area (Å²) in [4.78, 5) is 11.4. The molecule has 35 heavy (non-hydrogen) atoms. The van der Waals surface area contributed by atoms with Crippen LogP contribution in [0.15, 0.2) is 54.9 Å². The number of fused-ring (bicyclic) bond motifs is 1. The Morgan fingerprint density at radius 3 is 2.74 bits per heavy atom. The highest BCUT2D eigenvalue weighted by Crippen LogP contribution is 2.39. The van der Waals surface area contributed by atoms with Crippen LogP contribution in [0.3, 0.4) is 0 Å². The Morgan fingerprint density at radius 1 is 1.11 bits per heavy atom. The predicted molar refractivity (Wildman–Crippen MR) is 130 cm³/mol. The summed E-state index contributed by atoms with van der Waals surface area (Å²) in [6.45, 7) is 1.71. The fourth-order valence-electron chi connectivity index (χ4n) is 4.56. The van der Waals surface area contributed by atoms with E-state index in [2.05, 4.69) is 25.6 Å². The van der Waals surface area contributed by atoms with E-state index in [1.165, 1.54) is 0 Å². The average molecular weight is 482 g/mol. The first-order valence-electron chi connectivity index (χ1n) is 11.7. The molecule has 6 nitrogen and oxygen atoms in total. The molecule has 5 rings (SSSR count). The van der Waals surface area contributed by atoms with Crippen LogP contribution in [-0.2, 0) is 12.6 Å². The standard InChI is InChI=1S/C26H26F3N5O/c27-26(28,29)22-15-32-25(33-19-5-2-9-30-13-19)34-24(22)21-14-31-23-12-18(6-7-20(21)23)17-4-1-3-16(11-17)8-10-35/h1,3-4,6-7,11-12,14-15,19,30-31,35H,2,5,8-10,13H2,(H,32,33,34)/t19-/m0/s1. The maximum absolute atomic E-state index is 13.9. The Morgan fingerprint density at radius 2 is 1.97 bits per heavy atom. The number of nitrogens with zero attached hydrogens (tertiary/aromatic N) is 2. The molecule has 4 aromatic rings. The van der Waals surface area contributed by atoms with Crippen LogP contribution in [0.4, 0.5) is 19.1 Å². The van der Waals surface area contributed by atoms with E-state index in [4.69, 9.17) is 0 Å². The zero-order valence-corrected chi connectivity index (χ0v) is 19.0. The van der Waals surface area contributed by atoms with Gasteiger partial charge >= 0.3 is 6.18 Å². The van der Waals surface area contributed by atoms with E-state index in [0.717, 1.165) is 48.8 Å². The number of halogens is 3. The van der Waals surface area contributed by atoms with Crippen molar-refractivity contribution < 1.29 is 18.3 Å². The minimum Gasteiger partial charge on any atom is -0.396 e. The molecule has 0 unspecified atom stereocenters. The summed E-state index contributed by atoms with van der Waals surface area (Å²) in [5.74, 6) is 0.188. The van der Waals surface area contributed by atoms with Crippen LogP contribution in [0.25, 0.3) is 33.3 Å². The normalized spacial score (nSPS) is 16.5. The lowest BCUT2D eigenvalue weighted by atomic mass is 9.99. The molecule has 2 aromatic heterocycles. The van der Waals surface area contributed by atoms with Crippen LogP contribution in [0.5, 0.6) is 0 Å². The summed E-state index contributed by atoms with van der Waals surface area (Å²) < 4.78 is 41.6. The van der Waals surface area contributed by atoms with Gasteiger partial charge in [0, 0.05) is 48.1 Å². The second-order valence-corrected chi connectivity index (χ2v) is 8.78. The maximum Gasteiger partial charge on any atom is 0.419 e. The summed E-state index contributed by atoms with van der Waals surface area (Å²) in [5.41, 5.74) is 2.98. The van der Waals surface area contributed by atoms with Crippen LogP contribution in [0, 0.1) is 0 Å². The highest BCUT2D eigenvalue weighted by atomic mass is 19.4. The van der Waals surface area contributed by atoms with Crippen LogP contribution in [0.2, 0.25) is 0 Å². The van der Waals surface area contributed by atoms with Crippen LogP contribution in [-0.4, -0.2) is 45.8 Å². The maximum atomic E-state index is 13.9. The third kappa shape index (κ3) is 5.01. The molecule has 9 heteroatoms. The molecule has 3 heterocycles. The number of nitrogens with one attached hydrogen (secondary N) is 3. The van der Waals surface area contributed by atoms with Gasteiger partial charge in [-0.25, -0.2) is 9.97 Å². The first-order valence-corrected chi connectivity index (χ1v) is 11.7. The Bertz CT molecular complexity index is 1330. The van der Waals surface area contributed by atoms with E-state index in [1.807, 2.05) is 42.5 Å². The van der Waals surface area contributed by atoms with Crippen LogP contribution >= 0.6 is 0 Å². The van der Waals surface area contributed by atoms with E-state index in [-0.39, 0.29) is 24.3 Å². The van der Waals surface area contributed by atoms with Gasteiger partial charge in [0.2, 0.25) is 5.95 Å². The molecule has 1 saturated heterocycles. The molecular formula is C26H26F3N5O. The smallest absolute Gasteiger partial charge is 0.396 e. The highest BCUT2D eigenvalue weighted by Gasteiger charge is 2.36. The lowest BCUT2D eigenvalue weighted by Gasteiger charge is -2.24. The molecule has 1 atom stereocenters. The number of hydrogen-bond acceptors (Lipinski definition) is 5. The molecule has 0 bridgehead atoms. The monoisotopic (exact) mass is 481 g/mol. The van der Waals surface area contributed by atoms with Crippen molar-refractivity contribution in [3.05, 3.63) is 66.0 Å². The summed E-state index contributed by atoms with van der Waals surface area (Å²) in [6.07, 6.45) is 0.294. The van der Waals surface area contributed by atoms with Crippen molar-refractivity contribution in [3.63, 3.8) is 0 Å².